The summed E-state index contributed by atoms with van der Waals surface area (Å²) in [6.45, 7) is 18.0. The summed E-state index contributed by atoms with van der Waals surface area (Å²) in [4.78, 5) is 11.7. The highest BCUT2D eigenvalue weighted by Gasteiger charge is 2.69. The van der Waals surface area contributed by atoms with E-state index in [2.05, 4.69) is 54.5 Å². The minimum absolute atomic E-state index is 0.00788. The third-order valence-electron chi connectivity index (χ3n) is 13.2. The van der Waals surface area contributed by atoms with Crippen LogP contribution in [0.3, 0.4) is 0 Å². The van der Waals surface area contributed by atoms with Gasteiger partial charge in [0.2, 0.25) is 0 Å². The van der Waals surface area contributed by atoms with Crippen LogP contribution in [0.4, 0.5) is 0 Å². The van der Waals surface area contributed by atoms with Crippen molar-refractivity contribution in [1.82, 2.24) is 0 Å². The van der Waals surface area contributed by atoms with Crippen LogP contribution in [0.1, 0.15) is 106 Å². The van der Waals surface area contributed by atoms with Crippen LogP contribution in [0.5, 0.6) is 0 Å². The first-order valence-electron chi connectivity index (χ1n) is 13.9. The Balaban J connectivity index is 1.60. The number of fused-ring (bicyclic) bond motifs is 7. The fourth-order valence-electron chi connectivity index (χ4n) is 10.7. The number of allylic oxidation sites excluding steroid dienone is 1. The van der Waals surface area contributed by atoms with Crippen molar-refractivity contribution in [2.45, 2.75) is 118 Å². The predicted molar refractivity (Wildman–Crippen MR) is 132 cm³/mol. The Morgan fingerprint density at radius 1 is 0.939 bits per heavy atom. The van der Waals surface area contributed by atoms with Crippen LogP contribution in [-0.2, 0) is 9.53 Å². The number of hydrogen-bond acceptors (Lipinski definition) is 3. The number of carbonyl (C=O) groups is 1. The van der Waals surface area contributed by atoms with Crippen molar-refractivity contribution in [2.24, 2.45) is 51.2 Å². The van der Waals surface area contributed by atoms with E-state index in [-0.39, 0.29) is 33.4 Å². The van der Waals surface area contributed by atoms with Crippen LogP contribution < -0.4 is 0 Å². The number of rotatable bonds is 2. The first-order chi connectivity index (χ1) is 15.4. The van der Waals surface area contributed by atoms with Crippen LogP contribution in [0.25, 0.3) is 0 Å². The number of ether oxygens (including phenoxy) is 1. The molecular weight excluding hydrogens is 408 g/mol. The maximum Gasteiger partial charge on any atom is 0.293 e. The average Bonchev–Trinajstić information content (AvgIpc) is 2.75. The molecule has 4 fully saturated rings. The molecule has 0 saturated heterocycles. The molecule has 0 amide bonds. The lowest BCUT2D eigenvalue weighted by Crippen LogP contribution is -2.66. The number of aliphatic hydroxyl groups excluding tert-OH is 1. The van der Waals surface area contributed by atoms with Gasteiger partial charge in [0, 0.05) is 5.92 Å². The smallest absolute Gasteiger partial charge is 0.293 e. The molecule has 5 aliphatic rings. The van der Waals surface area contributed by atoms with Crippen LogP contribution >= 0.6 is 0 Å². The fourth-order valence-corrected chi connectivity index (χ4v) is 10.7. The standard InChI is InChI=1S/C30H48O3/c1-19-10-15-30(33-18-31)17-16-28(6)21(25(30)20(19)2)8-9-23-27(5)13-12-24(32)26(3,4)22(27)11-14-29(23,28)7/h8,18-20,22-25,32H,9-17H2,1-7H3/t19-,20+,22+,23-,24+,25-,27+,28-,29-,30+/m1/s1. The highest BCUT2D eigenvalue weighted by atomic mass is 16.5. The minimum Gasteiger partial charge on any atom is -0.461 e. The molecule has 0 unspecified atom stereocenters. The lowest BCUT2D eigenvalue weighted by molar-refractivity contribution is -0.213. The third kappa shape index (κ3) is 2.87. The van der Waals surface area contributed by atoms with Crippen molar-refractivity contribution < 1.29 is 14.6 Å². The van der Waals surface area contributed by atoms with Crippen molar-refractivity contribution in [3.05, 3.63) is 11.6 Å². The zero-order chi connectivity index (χ0) is 24.0. The maximum absolute atomic E-state index is 11.7. The van der Waals surface area contributed by atoms with E-state index in [4.69, 9.17) is 4.74 Å². The summed E-state index contributed by atoms with van der Waals surface area (Å²) in [6.07, 6.45) is 12.5. The molecule has 33 heavy (non-hydrogen) atoms. The monoisotopic (exact) mass is 456 g/mol. The quantitative estimate of drug-likeness (QED) is 0.362. The van der Waals surface area contributed by atoms with Gasteiger partial charge in [-0.3, -0.25) is 4.79 Å². The van der Waals surface area contributed by atoms with Crippen molar-refractivity contribution in [3.63, 3.8) is 0 Å². The van der Waals surface area contributed by atoms with Gasteiger partial charge < -0.3 is 9.84 Å². The Hall–Kier alpha value is -0.830. The molecule has 0 aromatic rings. The summed E-state index contributed by atoms with van der Waals surface area (Å²) < 4.78 is 6.05. The largest absolute Gasteiger partial charge is 0.461 e. The first kappa shape index (κ1) is 23.9. The highest BCUT2D eigenvalue weighted by molar-refractivity contribution is 5.42. The Kier molecular flexibility index (Phi) is 5.31. The zero-order valence-electron chi connectivity index (χ0n) is 22.2. The molecule has 0 aromatic heterocycles. The molecule has 3 nitrogen and oxygen atoms in total. The topological polar surface area (TPSA) is 46.5 Å². The molecule has 3 heteroatoms. The van der Waals surface area contributed by atoms with E-state index in [0.717, 1.165) is 51.4 Å². The van der Waals surface area contributed by atoms with E-state index in [1.165, 1.54) is 12.8 Å². The van der Waals surface area contributed by atoms with E-state index < -0.39 is 0 Å². The van der Waals surface area contributed by atoms with Gasteiger partial charge in [0.15, 0.2) is 0 Å². The molecular formula is C30H48O3. The summed E-state index contributed by atoms with van der Waals surface area (Å²) in [5.74, 6) is 2.81. The predicted octanol–water partition coefficient (Wildman–Crippen LogP) is 6.93. The van der Waals surface area contributed by atoms with Gasteiger partial charge in [-0.25, -0.2) is 0 Å². The lowest BCUT2D eigenvalue weighted by atomic mass is 9.34. The van der Waals surface area contributed by atoms with Crippen LogP contribution in [0.15, 0.2) is 11.6 Å². The summed E-state index contributed by atoms with van der Waals surface area (Å²) in [6, 6.07) is 0. The third-order valence-corrected chi connectivity index (χ3v) is 13.2. The molecule has 5 aliphatic carbocycles. The van der Waals surface area contributed by atoms with Gasteiger partial charge in [-0.1, -0.05) is 60.1 Å². The number of hydrogen-bond donors (Lipinski definition) is 1. The Labute approximate surface area is 202 Å². The van der Waals surface area contributed by atoms with Gasteiger partial charge in [0.05, 0.1) is 6.10 Å². The van der Waals surface area contributed by atoms with Gasteiger partial charge >= 0.3 is 0 Å². The Bertz CT molecular complexity index is 845. The van der Waals surface area contributed by atoms with E-state index in [1.807, 2.05) is 0 Å². The molecule has 0 heterocycles. The molecule has 4 saturated carbocycles. The summed E-state index contributed by atoms with van der Waals surface area (Å²) in [5, 5.41) is 10.9. The molecule has 0 spiro atoms. The normalized spacial score (nSPS) is 55.2. The van der Waals surface area contributed by atoms with Crippen molar-refractivity contribution >= 4 is 6.47 Å². The zero-order valence-corrected chi connectivity index (χ0v) is 22.2. The molecule has 10 atom stereocenters. The minimum atomic E-state index is -0.291. The molecule has 0 bridgehead atoms. The van der Waals surface area contributed by atoms with Crippen LogP contribution in [0.2, 0.25) is 0 Å². The van der Waals surface area contributed by atoms with Gasteiger partial charge in [0.25, 0.3) is 6.47 Å². The number of aliphatic hydroxyl groups is 1. The van der Waals surface area contributed by atoms with Crippen molar-refractivity contribution in [1.29, 1.82) is 0 Å². The molecule has 0 aromatic carbocycles. The van der Waals surface area contributed by atoms with Crippen molar-refractivity contribution in [2.75, 3.05) is 0 Å². The maximum atomic E-state index is 11.7. The lowest BCUT2D eigenvalue weighted by Gasteiger charge is -2.71. The molecule has 186 valence electrons. The van der Waals surface area contributed by atoms with Gasteiger partial charge in [-0.15, -0.1) is 0 Å². The van der Waals surface area contributed by atoms with Gasteiger partial charge in [0.1, 0.15) is 5.60 Å². The Morgan fingerprint density at radius 2 is 1.67 bits per heavy atom. The van der Waals surface area contributed by atoms with Crippen LogP contribution in [0, 0.1) is 51.2 Å². The van der Waals surface area contributed by atoms with Gasteiger partial charge in [-0.2, -0.15) is 0 Å². The first-order valence-corrected chi connectivity index (χ1v) is 13.9. The van der Waals surface area contributed by atoms with E-state index in [1.54, 1.807) is 5.57 Å². The molecule has 5 rings (SSSR count). The second-order valence-electron chi connectivity index (χ2n) is 14.3. The van der Waals surface area contributed by atoms with E-state index in [9.17, 15) is 9.90 Å². The van der Waals surface area contributed by atoms with Gasteiger partial charge in [-0.05, 0) is 103 Å². The molecule has 0 aliphatic heterocycles. The van der Waals surface area contributed by atoms with Crippen LogP contribution in [-0.4, -0.2) is 23.3 Å². The number of carbonyl (C=O) groups excluding carboxylic acids is 1. The van der Waals surface area contributed by atoms with E-state index >= 15 is 0 Å². The van der Waals surface area contributed by atoms with Crippen molar-refractivity contribution in [3.8, 4) is 0 Å². The second kappa shape index (κ2) is 7.34. The summed E-state index contributed by atoms with van der Waals surface area (Å²) in [5.41, 5.74) is 2.03. The Morgan fingerprint density at radius 3 is 2.36 bits per heavy atom. The van der Waals surface area contributed by atoms with E-state index in [0.29, 0.717) is 29.6 Å². The average molecular weight is 457 g/mol. The second-order valence-corrected chi connectivity index (χ2v) is 14.3. The SMILES string of the molecule is C[C@H]1[C@H](C)CC[C@]2(OC=O)CC[C@]3(C)C(=CC[C@@H]4[C@@]5(C)CC[C@H](O)C(C)(C)[C@@H]5CC[C@]43C)[C@@H]12. The summed E-state index contributed by atoms with van der Waals surface area (Å²) in [7, 11) is 0. The highest BCUT2D eigenvalue weighted by Crippen LogP contribution is 2.75. The summed E-state index contributed by atoms with van der Waals surface area (Å²) >= 11 is 0. The fraction of sp³-hybridized carbons (Fsp3) is 0.900. The molecule has 0 radical (unpaired) electrons. The molecule has 1 N–H and O–H groups in total.